The zero-order valence-electron chi connectivity index (χ0n) is 17.0. The fourth-order valence-corrected chi connectivity index (χ4v) is 3.52. The van der Waals surface area contributed by atoms with Gasteiger partial charge in [0.25, 0.3) is 0 Å². The molecule has 0 spiro atoms. The van der Waals surface area contributed by atoms with Gasteiger partial charge < -0.3 is 19.5 Å². The van der Waals surface area contributed by atoms with Crippen LogP contribution in [0.3, 0.4) is 0 Å². The molecule has 0 fully saturated rings. The van der Waals surface area contributed by atoms with Gasteiger partial charge in [-0.25, -0.2) is 0 Å². The summed E-state index contributed by atoms with van der Waals surface area (Å²) >= 11 is 0. The first-order valence-corrected chi connectivity index (χ1v) is 9.44. The molecular weight excluding hydrogens is 356 g/mol. The number of methoxy groups -OCH3 is 3. The van der Waals surface area contributed by atoms with Crippen LogP contribution >= 0.6 is 0 Å². The lowest BCUT2D eigenvalue weighted by molar-refractivity contribution is -0.116. The lowest BCUT2D eigenvalue weighted by atomic mass is 9.98. The summed E-state index contributed by atoms with van der Waals surface area (Å²) in [7, 11) is 4.91. The maximum absolute atomic E-state index is 12.4. The molecule has 6 heteroatoms. The average molecular weight is 384 g/mol. The quantitative estimate of drug-likeness (QED) is 0.793. The molecule has 0 atom stereocenters. The smallest absolute Gasteiger partial charge is 0.225 e. The van der Waals surface area contributed by atoms with E-state index in [2.05, 4.69) is 16.3 Å². The van der Waals surface area contributed by atoms with E-state index in [0.717, 1.165) is 36.6 Å². The van der Waals surface area contributed by atoms with Crippen LogP contribution in [0.2, 0.25) is 0 Å². The maximum atomic E-state index is 12.4. The van der Waals surface area contributed by atoms with Crippen LogP contribution in [0.25, 0.3) is 0 Å². The molecule has 3 rings (SSSR count). The van der Waals surface area contributed by atoms with Gasteiger partial charge in [-0.2, -0.15) is 0 Å². The first kappa shape index (κ1) is 20.0. The first-order valence-electron chi connectivity index (χ1n) is 9.44. The van der Waals surface area contributed by atoms with Crippen LogP contribution in [-0.2, 0) is 17.8 Å². The van der Waals surface area contributed by atoms with Gasteiger partial charge in [0.15, 0.2) is 11.5 Å². The summed E-state index contributed by atoms with van der Waals surface area (Å²) in [5.41, 5.74) is 4.30. The van der Waals surface area contributed by atoms with Gasteiger partial charge >= 0.3 is 0 Å². The Balaban J connectivity index is 1.59. The molecule has 0 aromatic heterocycles. The summed E-state index contributed by atoms with van der Waals surface area (Å²) in [5.74, 6) is 2.17. The highest BCUT2D eigenvalue weighted by Crippen LogP contribution is 2.33. The minimum Gasteiger partial charge on any atom is -0.495 e. The van der Waals surface area contributed by atoms with Crippen LogP contribution in [0.1, 0.15) is 23.1 Å². The zero-order valence-corrected chi connectivity index (χ0v) is 17.0. The fraction of sp³-hybridized carbons (Fsp3) is 0.409. The fourth-order valence-electron chi connectivity index (χ4n) is 3.52. The second kappa shape index (κ2) is 8.97. The molecule has 0 bridgehead atoms. The molecule has 2 aromatic carbocycles. The van der Waals surface area contributed by atoms with Crippen molar-refractivity contribution in [2.45, 2.75) is 26.3 Å². The van der Waals surface area contributed by atoms with Gasteiger partial charge in [0.2, 0.25) is 5.91 Å². The van der Waals surface area contributed by atoms with Crippen LogP contribution in [0.15, 0.2) is 30.3 Å². The summed E-state index contributed by atoms with van der Waals surface area (Å²) in [6.45, 7) is 4.41. The Labute approximate surface area is 166 Å². The van der Waals surface area contributed by atoms with Gasteiger partial charge in [-0.1, -0.05) is 6.07 Å². The van der Waals surface area contributed by atoms with E-state index in [1.807, 2.05) is 31.2 Å². The molecule has 28 heavy (non-hydrogen) atoms. The second-order valence-corrected chi connectivity index (χ2v) is 7.00. The number of carbonyl (C=O) groups is 1. The number of rotatable bonds is 7. The standard InChI is InChI=1S/C22H28N2O4/c1-15-5-6-19(26-2)18(11-15)23-22(25)8-10-24-9-7-16-12-20(27-3)21(28-4)13-17(16)14-24/h5-6,11-13H,7-10,14H2,1-4H3,(H,23,25). The van der Waals surface area contributed by atoms with Gasteiger partial charge in [-0.15, -0.1) is 0 Å². The van der Waals surface area contributed by atoms with Crippen molar-refractivity contribution in [1.82, 2.24) is 4.90 Å². The summed E-state index contributed by atoms with van der Waals surface area (Å²) in [5, 5.41) is 2.97. The minimum absolute atomic E-state index is 0.0120. The van der Waals surface area contributed by atoms with Gasteiger partial charge in [-0.05, 0) is 54.3 Å². The van der Waals surface area contributed by atoms with Crippen molar-refractivity contribution in [3.63, 3.8) is 0 Å². The molecule has 1 amide bonds. The first-order chi connectivity index (χ1) is 13.5. The number of anilines is 1. The van der Waals surface area contributed by atoms with Gasteiger partial charge in [0.05, 0.1) is 27.0 Å². The van der Waals surface area contributed by atoms with Crippen molar-refractivity contribution in [2.75, 3.05) is 39.7 Å². The normalized spacial score (nSPS) is 13.6. The lowest BCUT2D eigenvalue weighted by Crippen LogP contribution is -2.33. The summed E-state index contributed by atoms with van der Waals surface area (Å²) in [6, 6.07) is 9.85. The number of fused-ring (bicyclic) bond motifs is 1. The SMILES string of the molecule is COc1ccc(C)cc1NC(=O)CCN1CCc2cc(OC)c(OC)cc2C1. The predicted octanol–water partition coefficient (Wildman–Crippen LogP) is 3.41. The second-order valence-electron chi connectivity index (χ2n) is 7.00. The predicted molar refractivity (Wildman–Crippen MR) is 110 cm³/mol. The van der Waals surface area contributed by atoms with Crippen molar-refractivity contribution in [1.29, 1.82) is 0 Å². The average Bonchev–Trinajstić information content (AvgIpc) is 2.71. The Hall–Kier alpha value is -2.73. The van der Waals surface area contributed by atoms with Crippen LogP contribution in [0, 0.1) is 6.92 Å². The van der Waals surface area contributed by atoms with E-state index < -0.39 is 0 Å². The van der Waals surface area contributed by atoms with Crippen LogP contribution in [0.4, 0.5) is 5.69 Å². The van der Waals surface area contributed by atoms with Crippen molar-refractivity contribution in [2.24, 2.45) is 0 Å². The summed E-state index contributed by atoms with van der Waals surface area (Å²) in [6.07, 6.45) is 1.36. The molecule has 0 unspecified atom stereocenters. The Kier molecular flexibility index (Phi) is 6.41. The Morgan fingerprint density at radius 1 is 1.00 bits per heavy atom. The molecule has 1 heterocycles. The van der Waals surface area contributed by atoms with Crippen molar-refractivity contribution >= 4 is 11.6 Å². The largest absolute Gasteiger partial charge is 0.495 e. The van der Waals surface area contributed by atoms with Crippen LogP contribution < -0.4 is 19.5 Å². The number of nitrogens with zero attached hydrogens (tertiary/aromatic N) is 1. The Morgan fingerprint density at radius 3 is 2.36 bits per heavy atom. The molecule has 1 aliphatic rings. The third-order valence-electron chi connectivity index (χ3n) is 5.08. The molecule has 150 valence electrons. The van der Waals surface area contributed by atoms with Gasteiger partial charge in [0.1, 0.15) is 5.75 Å². The number of benzene rings is 2. The molecule has 2 aromatic rings. The Morgan fingerprint density at radius 2 is 1.68 bits per heavy atom. The van der Waals surface area contributed by atoms with Crippen LogP contribution in [-0.4, -0.2) is 45.2 Å². The van der Waals surface area contributed by atoms with Crippen molar-refractivity contribution < 1.29 is 19.0 Å². The number of ether oxygens (including phenoxy) is 3. The highest BCUT2D eigenvalue weighted by atomic mass is 16.5. The Bertz CT molecular complexity index is 851. The number of hydrogen-bond donors (Lipinski definition) is 1. The molecule has 0 radical (unpaired) electrons. The van der Waals surface area contributed by atoms with E-state index in [9.17, 15) is 4.79 Å². The van der Waals surface area contributed by atoms with E-state index in [-0.39, 0.29) is 5.91 Å². The molecule has 6 nitrogen and oxygen atoms in total. The van der Waals surface area contributed by atoms with Crippen LogP contribution in [0.5, 0.6) is 17.2 Å². The highest BCUT2D eigenvalue weighted by Gasteiger charge is 2.20. The number of amides is 1. The highest BCUT2D eigenvalue weighted by molar-refractivity contribution is 5.92. The molecule has 1 N–H and O–H groups in total. The molecule has 1 aliphatic heterocycles. The van der Waals surface area contributed by atoms with Gasteiger partial charge in [0, 0.05) is 26.1 Å². The van der Waals surface area contributed by atoms with E-state index in [1.54, 1.807) is 21.3 Å². The summed E-state index contributed by atoms with van der Waals surface area (Å²) in [4.78, 5) is 14.7. The molecular formula is C22H28N2O4. The van der Waals surface area contributed by atoms with Gasteiger partial charge in [-0.3, -0.25) is 9.69 Å². The van der Waals surface area contributed by atoms with E-state index in [0.29, 0.717) is 24.4 Å². The third kappa shape index (κ3) is 4.57. The number of aryl methyl sites for hydroxylation is 1. The maximum Gasteiger partial charge on any atom is 0.225 e. The van der Waals surface area contributed by atoms with E-state index in [1.165, 1.54) is 11.1 Å². The third-order valence-corrected chi connectivity index (χ3v) is 5.08. The zero-order chi connectivity index (χ0) is 20.1. The summed E-state index contributed by atoms with van der Waals surface area (Å²) < 4.78 is 16.1. The molecule has 0 saturated heterocycles. The lowest BCUT2D eigenvalue weighted by Gasteiger charge is -2.29. The number of carbonyl (C=O) groups excluding carboxylic acids is 1. The van der Waals surface area contributed by atoms with E-state index in [4.69, 9.17) is 14.2 Å². The minimum atomic E-state index is -0.0120. The van der Waals surface area contributed by atoms with Crippen molar-refractivity contribution in [3.05, 3.63) is 47.0 Å². The van der Waals surface area contributed by atoms with Crippen molar-refractivity contribution in [3.8, 4) is 17.2 Å². The molecule has 0 saturated carbocycles. The molecule has 0 aliphatic carbocycles. The monoisotopic (exact) mass is 384 g/mol. The topological polar surface area (TPSA) is 60.0 Å². The van der Waals surface area contributed by atoms with E-state index >= 15 is 0 Å². The number of hydrogen-bond acceptors (Lipinski definition) is 5. The number of nitrogens with one attached hydrogen (secondary N) is 1.